The number of piperidine rings is 1. The van der Waals surface area contributed by atoms with Crippen molar-refractivity contribution in [3.8, 4) is 0 Å². The molecule has 0 bridgehead atoms. The summed E-state index contributed by atoms with van der Waals surface area (Å²) in [6, 6.07) is 0. The predicted octanol–water partition coefficient (Wildman–Crippen LogP) is 8.94. The van der Waals surface area contributed by atoms with Gasteiger partial charge in [0.05, 0.1) is 5.70 Å². The highest BCUT2D eigenvalue weighted by molar-refractivity contribution is 5.66. The van der Waals surface area contributed by atoms with Crippen molar-refractivity contribution in [2.24, 2.45) is 0 Å². The van der Waals surface area contributed by atoms with Gasteiger partial charge in [0.1, 0.15) is 12.0 Å². The molecule has 0 aromatic rings. The third-order valence-electron chi connectivity index (χ3n) is 7.65. The van der Waals surface area contributed by atoms with Gasteiger partial charge in [-0.15, -0.1) is 0 Å². The normalized spacial score (nSPS) is 17.3. The molecule has 1 heterocycles. The highest BCUT2D eigenvalue weighted by Crippen LogP contribution is 2.42. The molecule has 0 spiro atoms. The summed E-state index contributed by atoms with van der Waals surface area (Å²) in [5.74, 6) is 2.05. The molecule has 4 nitrogen and oxygen atoms in total. The molecule has 1 rings (SSSR count). The third kappa shape index (κ3) is 13.0. The van der Waals surface area contributed by atoms with Gasteiger partial charge in [0.15, 0.2) is 0 Å². The Morgan fingerprint density at radius 2 is 1.11 bits per heavy atom. The van der Waals surface area contributed by atoms with Crippen LogP contribution in [-0.2, 0) is 14.3 Å². The molecule has 1 saturated heterocycles. The summed E-state index contributed by atoms with van der Waals surface area (Å²) in [5, 5.41) is 0. The van der Waals surface area contributed by atoms with Crippen molar-refractivity contribution < 1.29 is 14.3 Å². The summed E-state index contributed by atoms with van der Waals surface area (Å²) in [6.45, 7) is 12.3. The number of allylic oxidation sites excluding steroid dienone is 1. The van der Waals surface area contributed by atoms with Crippen molar-refractivity contribution in [2.45, 2.75) is 181 Å². The Morgan fingerprint density at radius 3 is 1.46 bits per heavy atom. The van der Waals surface area contributed by atoms with Crippen LogP contribution in [0.15, 0.2) is 5.70 Å². The molecule has 0 radical (unpaired) electrons. The molecule has 35 heavy (non-hydrogen) atoms. The first-order valence-corrected chi connectivity index (χ1v) is 14.9. The van der Waals surface area contributed by atoms with E-state index in [0.29, 0.717) is 0 Å². The summed E-state index contributed by atoms with van der Waals surface area (Å²) in [5.41, 5.74) is 0.291. The number of carbonyl (C=O) groups excluding carboxylic acids is 2. The van der Waals surface area contributed by atoms with Crippen molar-refractivity contribution in [1.29, 1.82) is 0 Å². The summed E-state index contributed by atoms with van der Waals surface area (Å²) < 4.78 is 5.54. The van der Waals surface area contributed by atoms with Crippen LogP contribution in [0.1, 0.15) is 164 Å². The summed E-state index contributed by atoms with van der Waals surface area (Å²) >= 11 is 0. The second kappa shape index (κ2) is 17.2. The number of hydrogen-bond acceptors (Lipinski definition) is 4. The van der Waals surface area contributed by atoms with Gasteiger partial charge in [0.2, 0.25) is 0 Å². The Bertz CT molecular complexity index is 615. The predicted molar refractivity (Wildman–Crippen MR) is 148 cm³/mol. The molecule has 0 unspecified atom stereocenters. The molecule has 204 valence electrons. The first-order chi connectivity index (χ1) is 16.6. The molecular weight excluding hydrogens is 434 g/mol. The van der Waals surface area contributed by atoms with Crippen LogP contribution in [0.5, 0.6) is 0 Å². The van der Waals surface area contributed by atoms with Crippen molar-refractivity contribution in [3.05, 3.63) is 5.70 Å². The van der Waals surface area contributed by atoms with Gasteiger partial charge in [-0.05, 0) is 40.5 Å². The number of unbranched alkanes of at least 4 members (excludes halogenated alkanes) is 15. The first kappa shape index (κ1) is 31.7. The van der Waals surface area contributed by atoms with Crippen molar-refractivity contribution >= 4 is 11.9 Å². The van der Waals surface area contributed by atoms with Gasteiger partial charge in [0.25, 0.3) is 0 Å². The largest absolute Gasteiger partial charge is 0.462 e. The molecule has 0 aromatic carbocycles. The van der Waals surface area contributed by atoms with E-state index in [9.17, 15) is 9.59 Å². The number of nitrogens with zero attached hydrogens (tertiary/aromatic N) is 1. The van der Waals surface area contributed by atoms with Crippen molar-refractivity contribution in [2.75, 3.05) is 0 Å². The molecule has 0 saturated carbocycles. The van der Waals surface area contributed by atoms with Crippen LogP contribution in [0.3, 0.4) is 0 Å². The molecule has 0 atom stereocenters. The fraction of sp³-hybridized carbons (Fsp3) is 0.903. The fourth-order valence-corrected chi connectivity index (χ4v) is 6.29. The monoisotopic (exact) mass is 491 g/mol. The zero-order valence-electron chi connectivity index (χ0n) is 24.2. The van der Waals surface area contributed by atoms with Crippen LogP contribution in [0.4, 0.5) is 0 Å². The topological polar surface area (TPSA) is 46.6 Å². The van der Waals surface area contributed by atoms with E-state index in [-0.39, 0.29) is 23.2 Å². The Hall–Kier alpha value is -1.28. The molecule has 0 aliphatic carbocycles. The van der Waals surface area contributed by atoms with Crippen molar-refractivity contribution in [3.63, 3.8) is 0 Å². The summed E-state index contributed by atoms with van der Waals surface area (Å²) in [6.07, 6.45) is 23.8. The zero-order valence-corrected chi connectivity index (χ0v) is 24.2. The molecule has 0 amide bonds. The van der Waals surface area contributed by atoms with Gasteiger partial charge < -0.3 is 9.64 Å². The van der Waals surface area contributed by atoms with Gasteiger partial charge >= 0.3 is 5.97 Å². The SMILES string of the molecule is CCCCCCCCCCCCCCCCCCC(=C=O)N1C(C)(C)CC(OC(C)=O)CC1(C)C. The Labute approximate surface area is 217 Å². The zero-order chi connectivity index (χ0) is 26.2. The number of carbonyl (C=O) groups is 1. The molecule has 4 heteroatoms. The number of likely N-dealkylation sites (tertiary alicyclic amines) is 1. The van der Waals surface area contributed by atoms with Crippen LogP contribution in [0, 0.1) is 0 Å². The summed E-state index contributed by atoms with van der Waals surface area (Å²) in [7, 11) is 0. The van der Waals surface area contributed by atoms with Crippen molar-refractivity contribution in [1.82, 2.24) is 4.90 Å². The highest BCUT2D eigenvalue weighted by Gasteiger charge is 2.47. The fourth-order valence-electron chi connectivity index (χ4n) is 6.29. The van der Waals surface area contributed by atoms with Crippen LogP contribution >= 0.6 is 0 Å². The number of esters is 1. The Kier molecular flexibility index (Phi) is 15.6. The molecule has 0 aromatic heterocycles. The number of ether oxygens (including phenoxy) is 1. The Morgan fingerprint density at radius 1 is 0.743 bits per heavy atom. The highest BCUT2D eigenvalue weighted by atomic mass is 16.5. The minimum atomic E-state index is -0.246. The second-order valence-electron chi connectivity index (χ2n) is 12.2. The molecule has 1 aliphatic heterocycles. The molecule has 1 fully saturated rings. The van der Waals surface area contributed by atoms with Gasteiger partial charge in [0, 0.05) is 30.8 Å². The quantitative estimate of drug-likeness (QED) is 0.103. The molecule has 0 N–H and O–H groups in total. The van der Waals surface area contributed by atoms with E-state index in [1.54, 1.807) is 0 Å². The van der Waals surface area contributed by atoms with Crippen LogP contribution in [-0.4, -0.2) is 34.0 Å². The van der Waals surface area contributed by atoms with E-state index in [2.05, 4.69) is 45.5 Å². The average Bonchev–Trinajstić information content (AvgIpc) is 2.75. The van der Waals surface area contributed by atoms with Crippen LogP contribution in [0.25, 0.3) is 0 Å². The van der Waals surface area contributed by atoms with Gasteiger partial charge in [-0.1, -0.05) is 103 Å². The minimum absolute atomic E-state index is 0.0998. The number of hydrogen-bond donors (Lipinski definition) is 0. The number of rotatable bonds is 19. The first-order valence-electron chi connectivity index (χ1n) is 14.9. The lowest BCUT2D eigenvalue weighted by Gasteiger charge is -2.56. The lowest BCUT2D eigenvalue weighted by atomic mass is 9.77. The van der Waals surface area contributed by atoms with Gasteiger partial charge in [-0.25, -0.2) is 4.79 Å². The lowest BCUT2D eigenvalue weighted by molar-refractivity contribution is -0.155. The lowest BCUT2D eigenvalue weighted by Crippen LogP contribution is -2.61. The standard InChI is InChI=1S/C31H57NO3/c1-7-8-9-10-11-12-13-14-15-16-17-18-19-20-21-22-23-28(26-33)32-30(3,4)24-29(35-27(2)34)25-31(32,5)6/h29H,7-25H2,1-6H3. The van der Waals surface area contributed by atoms with E-state index >= 15 is 0 Å². The molecule has 1 aliphatic rings. The summed E-state index contributed by atoms with van der Waals surface area (Å²) in [4.78, 5) is 25.7. The maximum atomic E-state index is 11.9. The van der Waals surface area contributed by atoms with E-state index in [1.807, 2.05) is 0 Å². The average molecular weight is 492 g/mol. The van der Waals surface area contributed by atoms with Crippen LogP contribution < -0.4 is 0 Å². The maximum Gasteiger partial charge on any atom is 0.302 e. The smallest absolute Gasteiger partial charge is 0.302 e. The third-order valence-corrected chi connectivity index (χ3v) is 7.65. The van der Waals surface area contributed by atoms with Gasteiger partial charge in [-0.3, -0.25) is 4.79 Å². The van der Waals surface area contributed by atoms with E-state index < -0.39 is 0 Å². The Balaban J connectivity index is 2.18. The van der Waals surface area contributed by atoms with Gasteiger partial charge in [-0.2, -0.15) is 0 Å². The van der Waals surface area contributed by atoms with E-state index in [1.165, 1.54) is 103 Å². The second-order valence-corrected chi connectivity index (χ2v) is 12.2. The maximum absolute atomic E-state index is 11.9. The van der Waals surface area contributed by atoms with E-state index in [0.717, 1.165) is 31.4 Å². The molecular formula is C31H57NO3. The van der Waals surface area contributed by atoms with Crippen LogP contribution in [0.2, 0.25) is 0 Å². The minimum Gasteiger partial charge on any atom is -0.462 e. The van der Waals surface area contributed by atoms with E-state index in [4.69, 9.17) is 4.74 Å².